The van der Waals surface area contributed by atoms with Gasteiger partial charge in [0.1, 0.15) is 0 Å². The molecule has 2 aliphatic rings. The summed E-state index contributed by atoms with van der Waals surface area (Å²) in [5.74, 6) is 0.412. The maximum Gasteiger partial charge on any atom is 0.0465 e. The van der Waals surface area contributed by atoms with E-state index in [1.807, 2.05) is 0 Å². The molecule has 1 unspecified atom stereocenters. The molecule has 0 fully saturated rings. The van der Waals surface area contributed by atoms with Crippen LogP contribution in [0.2, 0.25) is 0 Å². The molecule has 1 aromatic heterocycles. The van der Waals surface area contributed by atoms with Gasteiger partial charge in [-0.05, 0) is 41.2 Å². The minimum atomic E-state index is 0.412. The van der Waals surface area contributed by atoms with Gasteiger partial charge in [-0.3, -0.25) is 0 Å². The predicted molar refractivity (Wildman–Crippen MR) is 81.9 cm³/mol. The molecule has 95 valence electrons. The molecule has 5 rings (SSSR count). The van der Waals surface area contributed by atoms with Crippen molar-refractivity contribution in [2.24, 2.45) is 0 Å². The van der Waals surface area contributed by atoms with E-state index >= 15 is 0 Å². The van der Waals surface area contributed by atoms with Crippen molar-refractivity contribution in [3.8, 4) is 0 Å². The van der Waals surface area contributed by atoms with Gasteiger partial charge < -0.3 is 4.98 Å². The first-order valence-electron chi connectivity index (χ1n) is 7.23. The fraction of sp³-hybridized carbons (Fsp3) is 0.158. The Kier molecular flexibility index (Phi) is 1.91. The Morgan fingerprint density at radius 1 is 1.00 bits per heavy atom. The molecule has 2 aromatic carbocycles. The maximum absolute atomic E-state index is 3.52. The lowest BCUT2D eigenvalue weighted by atomic mass is 9.85. The number of H-pyrrole nitrogens is 1. The van der Waals surface area contributed by atoms with E-state index < -0.39 is 0 Å². The zero-order valence-electron chi connectivity index (χ0n) is 11.1. The first kappa shape index (κ1) is 10.5. The summed E-state index contributed by atoms with van der Waals surface area (Å²) in [5, 5.41) is 1.31. The highest BCUT2D eigenvalue weighted by molar-refractivity contribution is 5.86. The van der Waals surface area contributed by atoms with Crippen LogP contribution in [0.25, 0.3) is 17.0 Å². The van der Waals surface area contributed by atoms with Gasteiger partial charge in [0.15, 0.2) is 0 Å². The van der Waals surface area contributed by atoms with Crippen molar-refractivity contribution in [1.29, 1.82) is 0 Å². The van der Waals surface area contributed by atoms with Crippen molar-refractivity contribution in [3.63, 3.8) is 0 Å². The average molecular weight is 256 g/mol. The molecule has 1 radical (unpaired) electrons. The molecule has 0 spiro atoms. The lowest BCUT2D eigenvalue weighted by molar-refractivity contribution is 0.900. The van der Waals surface area contributed by atoms with Crippen LogP contribution in [0.1, 0.15) is 33.9 Å². The van der Waals surface area contributed by atoms with E-state index in [0.717, 1.165) is 12.8 Å². The number of fused-ring (bicyclic) bond motifs is 2. The maximum atomic E-state index is 3.52. The average Bonchev–Trinajstić information content (AvgIpc) is 3.07. The molecule has 1 nitrogen and oxygen atoms in total. The fourth-order valence-electron chi connectivity index (χ4n) is 3.71. The summed E-state index contributed by atoms with van der Waals surface area (Å²) < 4.78 is 0. The topological polar surface area (TPSA) is 15.8 Å². The van der Waals surface area contributed by atoms with Gasteiger partial charge in [0, 0.05) is 28.6 Å². The summed E-state index contributed by atoms with van der Waals surface area (Å²) in [6.45, 7) is 0. The lowest BCUT2D eigenvalue weighted by Gasteiger charge is -2.18. The molecular weight excluding hydrogens is 242 g/mol. The Balaban J connectivity index is 1.76. The summed E-state index contributed by atoms with van der Waals surface area (Å²) in [7, 11) is 0. The molecule has 20 heavy (non-hydrogen) atoms. The zero-order valence-corrected chi connectivity index (χ0v) is 11.1. The Morgan fingerprint density at radius 2 is 1.95 bits per heavy atom. The second kappa shape index (κ2) is 3.63. The number of hydrogen-bond acceptors (Lipinski definition) is 0. The summed E-state index contributed by atoms with van der Waals surface area (Å²) in [6.07, 6.45) is 6.82. The predicted octanol–water partition coefficient (Wildman–Crippen LogP) is 4.23. The van der Waals surface area contributed by atoms with E-state index in [4.69, 9.17) is 0 Å². The number of benzene rings is 2. The normalized spacial score (nSPS) is 18.9. The van der Waals surface area contributed by atoms with Crippen molar-refractivity contribution in [1.82, 2.24) is 4.98 Å². The van der Waals surface area contributed by atoms with E-state index in [1.54, 1.807) is 0 Å². The van der Waals surface area contributed by atoms with Crippen molar-refractivity contribution in [2.75, 3.05) is 0 Å². The number of aromatic nitrogens is 1. The Hall–Kier alpha value is -2.28. The minimum absolute atomic E-state index is 0.412. The van der Waals surface area contributed by atoms with Gasteiger partial charge >= 0.3 is 0 Å². The molecule has 0 amide bonds. The van der Waals surface area contributed by atoms with Crippen LogP contribution in [-0.4, -0.2) is 4.98 Å². The molecule has 1 heterocycles. The minimum Gasteiger partial charge on any atom is -0.358 e. The fourth-order valence-corrected chi connectivity index (χ4v) is 3.71. The highest BCUT2D eigenvalue weighted by Crippen LogP contribution is 2.40. The van der Waals surface area contributed by atoms with Gasteiger partial charge in [0.25, 0.3) is 0 Å². The summed E-state index contributed by atoms with van der Waals surface area (Å²) in [5.41, 5.74) is 8.24. The molecule has 1 N–H and O–H groups in total. The number of nitrogens with one attached hydrogen (secondary N) is 1. The van der Waals surface area contributed by atoms with Crippen LogP contribution >= 0.6 is 0 Å². The standard InChI is InChI=1S/C19H14N/c1-2-4-14-12(3-1)5-7-15(14)16-9-10-19-18-11-13(20-19)6-8-17(16)18/h1-5,7,9-10,15,20H,6,8H2. The molecule has 0 saturated heterocycles. The van der Waals surface area contributed by atoms with Gasteiger partial charge in [0.2, 0.25) is 0 Å². The van der Waals surface area contributed by atoms with Gasteiger partial charge in [-0.15, -0.1) is 0 Å². The van der Waals surface area contributed by atoms with E-state index in [2.05, 4.69) is 59.6 Å². The van der Waals surface area contributed by atoms with E-state index in [-0.39, 0.29) is 0 Å². The van der Waals surface area contributed by atoms with Crippen LogP contribution in [0, 0.1) is 6.07 Å². The quantitative estimate of drug-likeness (QED) is 0.670. The Labute approximate surface area is 118 Å². The summed E-state index contributed by atoms with van der Waals surface area (Å²) >= 11 is 0. The number of aromatic amines is 1. The molecule has 1 heteroatoms. The molecular formula is C19H14N. The van der Waals surface area contributed by atoms with Crippen LogP contribution in [0.4, 0.5) is 0 Å². The molecule has 2 aliphatic carbocycles. The molecule has 3 aromatic rings. The van der Waals surface area contributed by atoms with Gasteiger partial charge in [-0.2, -0.15) is 0 Å². The van der Waals surface area contributed by atoms with E-state index in [9.17, 15) is 0 Å². The molecule has 2 bridgehead atoms. The third-order valence-electron chi connectivity index (χ3n) is 4.67. The zero-order chi connectivity index (χ0) is 13.1. The van der Waals surface area contributed by atoms with E-state index in [0.29, 0.717) is 5.92 Å². The molecule has 0 aliphatic heterocycles. The van der Waals surface area contributed by atoms with Crippen LogP contribution in [0.15, 0.2) is 42.5 Å². The second-order valence-electron chi connectivity index (χ2n) is 5.75. The lowest BCUT2D eigenvalue weighted by Crippen LogP contribution is -2.04. The second-order valence-corrected chi connectivity index (χ2v) is 5.75. The monoisotopic (exact) mass is 256 g/mol. The van der Waals surface area contributed by atoms with Crippen LogP contribution in [-0.2, 0) is 12.8 Å². The first-order chi connectivity index (χ1) is 9.90. The van der Waals surface area contributed by atoms with Crippen LogP contribution in [0.5, 0.6) is 0 Å². The highest BCUT2D eigenvalue weighted by Gasteiger charge is 2.24. The summed E-state index contributed by atoms with van der Waals surface area (Å²) in [4.78, 5) is 3.46. The van der Waals surface area contributed by atoms with Crippen molar-refractivity contribution in [2.45, 2.75) is 18.8 Å². The van der Waals surface area contributed by atoms with Crippen molar-refractivity contribution in [3.05, 3.63) is 76.5 Å². The summed E-state index contributed by atoms with van der Waals surface area (Å²) in [6, 6.07) is 16.8. The third-order valence-corrected chi connectivity index (χ3v) is 4.67. The molecule has 0 saturated carbocycles. The first-order valence-corrected chi connectivity index (χ1v) is 7.23. The number of rotatable bonds is 1. The largest absolute Gasteiger partial charge is 0.358 e. The van der Waals surface area contributed by atoms with Crippen molar-refractivity contribution < 1.29 is 0 Å². The number of allylic oxidation sites excluding steroid dienone is 1. The van der Waals surface area contributed by atoms with Crippen LogP contribution in [0.3, 0.4) is 0 Å². The van der Waals surface area contributed by atoms with Gasteiger partial charge in [-0.1, -0.05) is 42.5 Å². The smallest absolute Gasteiger partial charge is 0.0465 e. The Morgan fingerprint density at radius 3 is 2.95 bits per heavy atom. The van der Waals surface area contributed by atoms with Gasteiger partial charge in [0.05, 0.1) is 0 Å². The van der Waals surface area contributed by atoms with Gasteiger partial charge in [-0.25, -0.2) is 0 Å². The number of hydrogen-bond donors (Lipinski definition) is 1. The van der Waals surface area contributed by atoms with E-state index in [1.165, 1.54) is 38.9 Å². The Bertz CT molecular complexity index is 867. The highest BCUT2D eigenvalue weighted by atomic mass is 14.7. The molecule has 1 atom stereocenters. The SMILES string of the molecule is [c]1c2[nH]c3ccc(C4C=Cc5ccccc54)c(c13)CC2. The van der Waals surface area contributed by atoms with Crippen molar-refractivity contribution >= 4 is 17.0 Å². The number of aryl methyl sites for hydroxylation is 2. The van der Waals surface area contributed by atoms with Crippen LogP contribution < -0.4 is 0 Å². The third kappa shape index (κ3) is 1.27.